The Morgan fingerprint density at radius 2 is 1.48 bits per heavy atom. The van der Waals surface area contributed by atoms with Gasteiger partial charge in [0.15, 0.2) is 6.61 Å². The second-order valence-electron chi connectivity index (χ2n) is 7.19. The molecule has 0 aromatic heterocycles. The Bertz CT molecular complexity index is 989. The first-order valence-corrected chi connectivity index (χ1v) is 11.5. The van der Waals surface area contributed by atoms with Crippen molar-refractivity contribution in [3.8, 4) is 5.75 Å². The van der Waals surface area contributed by atoms with E-state index in [1.807, 2.05) is 24.3 Å². The van der Waals surface area contributed by atoms with E-state index in [0.29, 0.717) is 5.75 Å². The summed E-state index contributed by atoms with van der Waals surface area (Å²) in [4.78, 5) is 11.7. The number of ether oxygens (including phenoxy) is 1. The van der Waals surface area contributed by atoms with E-state index in [9.17, 15) is 4.79 Å². The molecular weight excluding hydrogens is 404 g/mol. The maximum atomic E-state index is 10.6. The van der Waals surface area contributed by atoms with E-state index >= 15 is 0 Å². The molecule has 0 saturated carbocycles. The smallest absolute Gasteiger partial charge is 0.341 e. The third-order valence-corrected chi connectivity index (χ3v) is 5.95. The fourth-order valence-corrected chi connectivity index (χ4v) is 4.09. The molecule has 0 atom stereocenters. The molecule has 3 rings (SSSR count). The van der Waals surface area contributed by atoms with Gasteiger partial charge in [0, 0.05) is 10.6 Å². The van der Waals surface area contributed by atoms with Crippen LogP contribution in [0.3, 0.4) is 0 Å². The van der Waals surface area contributed by atoms with Crippen molar-refractivity contribution in [2.75, 3.05) is 12.4 Å². The van der Waals surface area contributed by atoms with Crippen molar-refractivity contribution in [3.05, 3.63) is 101 Å². The van der Waals surface area contributed by atoms with E-state index in [0.717, 1.165) is 23.5 Å². The molecule has 0 fully saturated rings. The highest BCUT2D eigenvalue weighted by atomic mass is 32.2. The van der Waals surface area contributed by atoms with E-state index in [1.54, 1.807) is 11.8 Å². The van der Waals surface area contributed by atoms with Crippen LogP contribution in [0, 0.1) is 0 Å². The third-order valence-electron chi connectivity index (χ3n) is 5.02. The molecule has 3 aromatic carbocycles. The van der Waals surface area contributed by atoms with Crippen molar-refractivity contribution >= 4 is 23.3 Å². The molecular formula is C27H28O3S. The summed E-state index contributed by atoms with van der Waals surface area (Å²) in [5.41, 5.74) is 6.40. The number of carboxylic acids is 1. The Hall–Kier alpha value is -2.98. The lowest BCUT2D eigenvalue weighted by Crippen LogP contribution is -2.09. The Morgan fingerprint density at radius 1 is 0.903 bits per heavy atom. The molecule has 0 aliphatic heterocycles. The average molecular weight is 433 g/mol. The van der Waals surface area contributed by atoms with Gasteiger partial charge in [-0.15, -0.1) is 11.8 Å². The van der Waals surface area contributed by atoms with E-state index in [1.165, 1.54) is 27.8 Å². The van der Waals surface area contributed by atoms with E-state index in [-0.39, 0.29) is 6.61 Å². The first-order chi connectivity index (χ1) is 15.1. The molecule has 4 heteroatoms. The van der Waals surface area contributed by atoms with Crippen molar-refractivity contribution in [1.29, 1.82) is 0 Å². The topological polar surface area (TPSA) is 46.5 Å². The van der Waals surface area contributed by atoms with Crippen LogP contribution >= 0.6 is 11.8 Å². The van der Waals surface area contributed by atoms with Gasteiger partial charge in [0.1, 0.15) is 5.75 Å². The normalized spacial score (nSPS) is 10.5. The van der Waals surface area contributed by atoms with Crippen LogP contribution in [0.4, 0.5) is 0 Å². The Morgan fingerprint density at radius 3 is 2.00 bits per heavy atom. The molecule has 1 N–H and O–H groups in total. The summed E-state index contributed by atoms with van der Waals surface area (Å²) in [5, 5.41) is 8.72. The van der Waals surface area contributed by atoms with E-state index < -0.39 is 5.97 Å². The maximum absolute atomic E-state index is 10.6. The predicted octanol–water partition coefficient (Wildman–Crippen LogP) is 6.50. The highest BCUT2D eigenvalue weighted by Gasteiger charge is 2.07. The van der Waals surface area contributed by atoms with Gasteiger partial charge in [-0.05, 0) is 64.9 Å². The molecule has 31 heavy (non-hydrogen) atoms. The molecule has 160 valence electrons. The Kier molecular flexibility index (Phi) is 8.36. The molecule has 0 heterocycles. The minimum Gasteiger partial charge on any atom is -0.482 e. The zero-order valence-corrected chi connectivity index (χ0v) is 18.8. The van der Waals surface area contributed by atoms with Crippen molar-refractivity contribution in [3.63, 3.8) is 0 Å². The number of carbonyl (C=O) groups is 1. The van der Waals surface area contributed by atoms with Gasteiger partial charge >= 0.3 is 5.97 Å². The first kappa shape index (κ1) is 22.7. The molecule has 0 unspecified atom stereocenters. The summed E-state index contributed by atoms with van der Waals surface area (Å²) in [5.74, 6) is 0.420. The van der Waals surface area contributed by atoms with Crippen LogP contribution in [0.1, 0.15) is 36.1 Å². The van der Waals surface area contributed by atoms with Gasteiger partial charge in [-0.25, -0.2) is 4.79 Å². The van der Waals surface area contributed by atoms with Crippen LogP contribution < -0.4 is 4.74 Å². The number of aryl methyl sites for hydroxylation is 2. The summed E-state index contributed by atoms with van der Waals surface area (Å²) < 4.78 is 5.20. The predicted molar refractivity (Wildman–Crippen MR) is 129 cm³/mol. The largest absolute Gasteiger partial charge is 0.482 e. The zero-order chi connectivity index (χ0) is 22.1. The summed E-state index contributed by atoms with van der Waals surface area (Å²) in [6.45, 7) is 4.03. The zero-order valence-electron chi connectivity index (χ0n) is 18.0. The van der Waals surface area contributed by atoms with Gasteiger partial charge in [-0.3, -0.25) is 0 Å². The second-order valence-corrected chi connectivity index (χ2v) is 8.28. The first-order valence-electron chi connectivity index (χ1n) is 10.5. The molecule has 0 radical (unpaired) electrons. The Balaban J connectivity index is 1.79. The van der Waals surface area contributed by atoms with Gasteiger partial charge in [0.25, 0.3) is 0 Å². The minimum atomic E-state index is -0.976. The van der Waals surface area contributed by atoms with Gasteiger partial charge < -0.3 is 9.84 Å². The average Bonchev–Trinajstić information content (AvgIpc) is 2.81. The van der Waals surface area contributed by atoms with Gasteiger partial charge in [-0.1, -0.05) is 68.5 Å². The van der Waals surface area contributed by atoms with Crippen molar-refractivity contribution in [1.82, 2.24) is 0 Å². The van der Waals surface area contributed by atoms with Crippen LogP contribution in [0.2, 0.25) is 0 Å². The second kappa shape index (κ2) is 11.4. The molecule has 0 amide bonds. The highest BCUT2D eigenvalue weighted by Crippen LogP contribution is 2.28. The van der Waals surface area contributed by atoms with Crippen LogP contribution in [-0.4, -0.2) is 23.4 Å². The van der Waals surface area contributed by atoms with Gasteiger partial charge in [-0.2, -0.15) is 0 Å². The lowest BCUT2D eigenvalue weighted by atomic mass is 9.94. The number of thioether (sulfide) groups is 1. The van der Waals surface area contributed by atoms with Crippen LogP contribution in [0.5, 0.6) is 5.75 Å². The number of hydrogen-bond acceptors (Lipinski definition) is 3. The van der Waals surface area contributed by atoms with Gasteiger partial charge in [0.2, 0.25) is 0 Å². The van der Waals surface area contributed by atoms with Crippen molar-refractivity contribution in [2.45, 2.75) is 31.6 Å². The third kappa shape index (κ3) is 6.76. The SMILES string of the molecule is CCc1cccc(C(=CCSc2ccc(OCC(=O)O)cc2)c2cccc(CC)c2)c1. The van der Waals surface area contributed by atoms with E-state index in [4.69, 9.17) is 9.84 Å². The summed E-state index contributed by atoms with van der Waals surface area (Å²) in [7, 11) is 0. The number of aliphatic carboxylic acids is 1. The van der Waals surface area contributed by atoms with Crippen molar-refractivity contribution in [2.24, 2.45) is 0 Å². The lowest BCUT2D eigenvalue weighted by molar-refractivity contribution is -0.139. The molecule has 0 aliphatic carbocycles. The number of carboxylic acid groups (broad SMARTS) is 1. The molecule has 3 aromatic rings. The van der Waals surface area contributed by atoms with E-state index in [2.05, 4.69) is 68.5 Å². The number of benzene rings is 3. The monoisotopic (exact) mass is 432 g/mol. The summed E-state index contributed by atoms with van der Waals surface area (Å²) in [6, 6.07) is 25.1. The quantitative estimate of drug-likeness (QED) is 0.372. The summed E-state index contributed by atoms with van der Waals surface area (Å²) >= 11 is 1.74. The molecule has 0 saturated heterocycles. The summed E-state index contributed by atoms with van der Waals surface area (Å²) in [6.07, 6.45) is 4.32. The van der Waals surface area contributed by atoms with Gasteiger partial charge in [0.05, 0.1) is 0 Å². The number of rotatable bonds is 10. The molecule has 0 spiro atoms. The van der Waals surface area contributed by atoms with Crippen LogP contribution in [-0.2, 0) is 17.6 Å². The molecule has 0 bridgehead atoms. The minimum absolute atomic E-state index is 0.327. The highest BCUT2D eigenvalue weighted by molar-refractivity contribution is 7.99. The lowest BCUT2D eigenvalue weighted by Gasteiger charge is -2.12. The fourth-order valence-electron chi connectivity index (χ4n) is 3.32. The Labute approximate surface area is 188 Å². The number of hydrogen-bond donors (Lipinski definition) is 1. The van der Waals surface area contributed by atoms with Crippen LogP contribution in [0.15, 0.2) is 83.8 Å². The standard InChI is InChI=1S/C27H28O3S/c1-3-20-7-5-9-22(17-20)26(23-10-6-8-21(4-2)18-23)15-16-31-25-13-11-24(12-14-25)30-19-27(28)29/h5-15,17-18H,3-4,16,19H2,1-2H3,(H,28,29). The molecule has 3 nitrogen and oxygen atoms in total. The maximum Gasteiger partial charge on any atom is 0.341 e. The van der Waals surface area contributed by atoms with Crippen LogP contribution in [0.25, 0.3) is 5.57 Å². The fraction of sp³-hybridized carbons (Fsp3) is 0.222. The van der Waals surface area contributed by atoms with Crippen molar-refractivity contribution < 1.29 is 14.6 Å². The molecule has 0 aliphatic rings.